The van der Waals surface area contributed by atoms with Crippen molar-refractivity contribution in [3.05, 3.63) is 33.8 Å². The summed E-state index contributed by atoms with van der Waals surface area (Å²) >= 11 is 11.9. The van der Waals surface area contributed by atoms with Crippen molar-refractivity contribution in [2.75, 3.05) is 19.8 Å². The Morgan fingerprint density at radius 3 is 1.91 bits per heavy atom. The molecule has 9 heteroatoms. The van der Waals surface area contributed by atoms with Gasteiger partial charge in [-0.2, -0.15) is 0 Å². The van der Waals surface area contributed by atoms with Gasteiger partial charge in [0.05, 0.1) is 16.6 Å². The van der Waals surface area contributed by atoms with Crippen LogP contribution in [0.1, 0.15) is 53.5 Å². The molecule has 1 atom stereocenters. The second-order valence-corrected chi connectivity index (χ2v) is 22.5. The SMILES string of the molecule is CC(C)(C)[Si](C)(C)O[Si](C)(C)C(C)(C)C.O=C1CO[C@](CCO)(c2ccc(Cl)c(Cl)c2)CN1. The number of hydrogen-bond acceptors (Lipinski definition) is 4. The van der Waals surface area contributed by atoms with Gasteiger partial charge < -0.3 is 19.3 Å². The molecule has 1 amide bonds. The Balaban J connectivity index is 0.000000337. The van der Waals surface area contributed by atoms with E-state index in [1.165, 1.54) is 0 Å². The molecule has 1 aliphatic heterocycles. The van der Waals surface area contributed by atoms with Crippen LogP contribution in [0.3, 0.4) is 0 Å². The molecule has 0 spiro atoms. The van der Waals surface area contributed by atoms with Gasteiger partial charge in [0.25, 0.3) is 0 Å². The third-order valence-electron chi connectivity index (χ3n) is 7.13. The molecule has 0 aliphatic carbocycles. The van der Waals surface area contributed by atoms with Crippen LogP contribution in [0, 0.1) is 0 Å². The first-order valence-corrected chi connectivity index (χ1v) is 18.0. The summed E-state index contributed by atoms with van der Waals surface area (Å²) < 4.78 is 12.3. The summed E-state index contributed by atoms with van der Waals surface area (Å²) in [4.78, 5) is 11.2. The van der Waals surface area contributed by atoms with Crippen LogP contribution in [0.4, 0.5) is 0 Å². The predicted molar refractivity (Wildman–Crippen MR) is 144 cm³/mol. The van der Waals surface area contributed by atoms with E-state index in [9.17, 15) is 9.90 Å². The molecule has 1 aromatic carbocycles. The van der Waals surface area contributed by atoms with Crippen molar-refractivity contribution in [3.8, 4) is 0 Å². The zero-order valence-electron chi connectivity index (χ0n) is 22.0. The molecule has 5 nitrogen and oxygen atoms in total. The van der Waals surface area contributed by atoms with Crippen molar-refractivity contribution in [3.63, 3.8) is 0 Å². The average molecular weight is 537 g/mol. The maximum absolute atomic E-state index is 11.2. The molecule has 0 aromatic heterocycles. The Morgan fingerprint density at radius 2 is 1.55 bits per heavy atom. The molecule has 0 saturated carbocycles. The van der Waals surface area contributed by atoms with E-state index < -0.39 is 22.2 Å². The van der Waals surface area contributed by atoms with Crippen molar-refractivity contribution in [1.29, 1.82) is 0 Å². The molecule has 1 heterocycles. The molecule has 0 unspecified atom stereocenters. The summed E-state index contributed by atoms with van der Waals surface area (Å²) in [5.74, 6) is -0.163. The van der Waals surface area contributed by atoms with Crippen LogP contribution in [-0.4, -0.2) is 47.4 Å². The van der Waals surface area contributed by atoms with E-state index in [1.54, 1.807) is 18.2 Å². The van der Waals surface area contributed by atoms with E-state index in [0.717, 1.165) is 5.56 Å². The van der Waals surface area contributed by atoms with E-state index >= 15 is 0 Å². The topological polar surface area (TPSA) is 67.8 Å². The zero-order valence-corrected chi connectivity index (χ0v) is 25.5. The van der Waals surface area contributed by atoms with Crippen LogP contribution in [0.5, 0.6) is 0 Å². The molecule has 0 bridgehead atoms. The van der Waals surface area contributed by atoms with E-state index in [2.05, 4.69) is 73.0 Å². The highest BCUT2D eigenvalue weighted by Crippen LogP contribution is 2.44. The lowest BCUT2D eigenvalue weighted by molar-refractivity contribution is -0.147. The van der Waals surface area contributed by atoms with Crippen molar-refractivity contribution < 1.29 is 18.8 Å². The van der Waals surface area contributed by atoms with Gasteiger partial charge in [-0.05, 0) is 54.0 Å². The van der Waals surface area contributed by atoms with Gasteiger partial charge in [-0.15, -0.1) is 0 Å². The number of aliphatic hydroxyl groups excluding tert-OH is 1. The van der Waals surface area contributed by atoms with Crippen LogP contribution in [-0.2, 0) is 19.2 Å². The number of rotatable bonds is 5. The Morgan fingerprint density at radius 1 is 1.03 bits per heavy atom. The number of aliphatic hydroxyl groups is 1. The lowest BCUT2D eigenvalue weighted by Gasteiger charge is -2.47. The number of carbonyl (C=O) groups is 1. The number of ether oxygens (including phenoxy) is 1. The maximum atomic E-state index is 11.2. The second-order valence-electron chi connectivity index (χ2n) is 11.8. The zero-order chi connectivity index (χ0) is 25.9. The first-order chi connectivity index (χ1) is 14.8. The van der Waals surface area contributed by atoms with E-state index in [1.807, 2.05) is 0 Å². The minimum atomic E-state index is -1.59. The minimum absolute atomic E-state index is 0.0275. The number of halogens is 2. The summed E-state index contributed by atoms with van der Waals surface area (Å²) in [5.41, 5.74) is 0.0580. The van der Waals surface area contributed by atoms with Crippen LogP contribution >= 0.6 is 23.2 Å². The van der Waals surface area contributed by atoms with Gasteiger partial charge in [0.2, 0.25) is 5.91 Å². The van der Waals surface area contributed by atoms with Crippen LogP contribution in [0.25, 0.3) is 0 Å². The standard InChI is InChI=1S/C12H13Cl2NO3.C12H30OSi2/c13-9-2-1-8(5-10(9)14)12(3-4-16)7-15-11(17)6-18-12;1-11(2,3)14(7,8)13-15(9,10)12(4,5)6/h1-2,5,16H,3-4,6-7H2,(H,15,17);1-10H3/t12-;/m0./s1. The Kier molecular flexibility index (Phi) is 10.3. The number of morpholine rings is 1. The smallest absolute Gasteiger partial charge is 0.246 e. The first-order valence-electron chi connectivity index (χ1n) is 11.5. The van der Waals surface area contributed by atoms with Gasteiger partial charge in [-0.25, -0.2) is 0 Å². The van der Waals surface area contributed by atoms with Gasteiger partial charge in [0, 0.05) is 13.0 Å². The van der Waals surface area contributed by atoms with Crippen molar-refractivity contribution in [2.24, 2.45) is 0 Å². The van der Waals surface area contributed by atoms with E-state index in [-0.39, 0.29) is 19.1 Å². The van der Waals surface area contributed by atoms with Gasteiger partial charge in [-0.3, -0.25) is 4.79 Å². The molecular weight excluding hydrogens is 493 g/mol. The minimum Gasteiger partial charge on any atom is -0.455 e. The highest BCUT2D eigenvalue weighted by atomic mass is 35.5. The highest BCUT2D eigenvalue weighted by Gasteiger charge is 2.46. The average Bonchev–Trinajstić information content (AvgIpc) is 2.64. The second kappa shape index (κ2) is 11.1. The molecular formula is C24H43Cl2NO4Si2. The summed E-state index contributed by atoms with van der Waals surface area (Å²) in [6, 6.07) is 5.18. The largest absolute Gasteiger partial charge is 0.455 e. The van der Waals surface area contributed by atoms with Crippen molar-refractivity contribution >= 4 is 45.7 Å². The quantitative estimate of drug-likeness (QED) is 0.410. The fourth-order valence-electron chi connectivity index (χ4n) is 2.94. The predicted octanol–water partition coefficient (Wildman–Crippen LogP) is 6.73. The monoisotopic (exact) mass is 535 g/mol. The Labute approximate surface area is 212 Å². The number of benzene rings is 1. The van der Waals surface area contributed by atoms with E-state index in [0.29, 0.717) is 33.1 Å². The lowest BCUT2D eigenvalue weighted by Crippen LogP contribution is -2.53. The molecule has 1 aromatic rings. The van der Waals surface area contributed by atoms with Gasteiger partial charge >= 0.3 is 0 Å². The maximum Gasteiger partial charge on any atom is 0.246 e. The number of carbonyl (C=O) groups excluding carboxylic acids is 1. The number of nitrogens with one attached hydrogen (secondary N) is 1. The highest BCUT2D eigenvalue weighted by molar-refractivity contribution is 6.87. The fourth-order valence-corrected chi connectivity index (χ4v) is 10.8. The number of hydrogen-bond donors (Lipinski definition) is 2. The van der Waals surface area contributed by atoms with Crippen LogP contribution in [0.2, 0.25) is 46.3 Å². The summed E-state index contributed by atoms with van der Waals surface area (Å²) in [6.07, 6.45) is 0.380. The molecule has 1 fully saturated rings. The summed E-state index contributed by atoms with van der Waals surface area (Å²) in [6.45, 7) is 23.5. The summed E-state index contributed by atoms with van der Waals surface area (Å²) in [5, 5.41) is 13.4. The Bertz CT molecular complexity index is 784. The lowest BCUT2D eigenvalue weighted by atomic mass is 9.89. The Hall–Kier alpha value is -0.416. The normalized spacial score (nSPS) is 20.1. The molecule has 1 saturated heterocycles. The molecule has 33 heavy (non-hydrogen) atoms. The van der Waals surface area contributed by atoms with Crippen molar-refractivity contribution in [2.45, 2.75) is 89.8 Å². The fraction of sp³-hybridized carbons (Fsp3) is 0.708. The molecule has 1 aliphatic rings. The van der Waals surface area contributed by atoms with Crippen LogP contribution < -0.4 is 5.32 Å². The molecule has 2 rings (SSSR count). The first kappa shape index (κ1) is 30.6. The van der Waals surface area contributed by atoms with Gasteiger partial charge in [0.15, 0.2) is 16.6 Å². The third-order valence-corrected chi connectivity index (χ3v) is 19.2. The summed E-state index contributed by atoms with van der Waals surface area (Å²) in [7, 11) is -3.18. The number of amides is 1. The molecule has 190 valence electrons. The molecule has 2 N–H and O–H groups in total. The van der Waals surface area contributed by atoms with Crippen molar-refractivity contribution in [1.82, 2.24) is 5.32 Å². The van der Waals surface area contributed by atoms with Crippen LogP contribution in [0.15, 0.2) is 18.2 Å². The third kappa shape index (κ3) is 8.05. The molecule has 0 radical (unpaired) electrons. The van der Waals surface area contributed by atoms with Gasteiger partial charge in [-0.1, -0.05) is 70.8 Å². The van der Waals surface area contributed by atoms with Gasteiger partial charge in [0.1, 0.15) is 12.2 Å². The van der Waals surface area contributed by atoms with E-state index in [4.69, 9.17) is 32.1 Å².